The molecule has 2 aromatic rings. The van der Waals surface area contributed by atoms with Gasteiger partial charge in [0.15, 0.2) is 0 Å². The van der Waals surface area contributed by atoms with Crippen molar-refractivity contribution in [3.8, 4) is 16.9 Å². The molecule has 0 spiro atoms. The van der Waals surface area contributed by atoms with Crippen LogP contribution in [0.25, 0.3) is 11.1 Å². The fourth-order valence-corrected chi connectivity index (χ4v) is 3.82. The zero-order chi connectivity index (χ0) is 16.3. The van der Waals surface area contributed by atoms with Crippen molar-refractivity contribution >= 4 is 29.7 Å². The highest BCUT2D eigenvalue weighted by Gasteiger charge is 2.36. The first-order valence-electron chi connectivity index (χ1n) is 7.90. The number of methoxy groups -OCH3 is 1. The minimum atomic E-state index is -0.657. The lowest BCUT2D eigenvalue weighted by atomic mass is 9.98. The minimum absolute atomic E-state index is 0. The molecule has 0 bridgehead atoms. The van der Waals surface area contributed by atoms with Crippen LogP contribution in [0.15, 0.2) is 35.7 Å². The van der Waals surface area contributed by atoms with Crippen LogP contribution < -0.4 is 15.8 Å². The standard InChI is InChI=1S/C18H22N2O2S.ClH/c1-22-15-6-4-13(5-7-15)14-10-16(23-12-14)11-20-17(21)18(19)8-2-3-9-18;/h4-7,10,12H,2-3,8-9,11,19H2,1H3,(H,20,21);1H. The highest BCUT2D eigenvalue weighted by molar-refractivity contribution is 7.10. The van der Waals surface area contributed by atoms with E-state index in [1.807, 2.05) is 24.3 Å². The van der Waals surface area contributed by atoms with Crippen LogP contribution in [0.2, 0.25) is 0 Å². The van der Waals surface area contributed by atoms with Crippen LogP contribution in [0.1, 0.15) is 30.6 Å². The van der Waals surface area contributed by atoms with Gasteiger partial charge in [-0.05, 0) is 47.5 Å². The predicted molar refractivity (Wildman–Crippen MR) is 101 cm³/mol. The normalized spacial score (nSPS) is 15.6. The number of benzene rings is 1. The maximum absolute atomic E-state index is 12.2. The Balaban J connectivity index is 0.00000208. The topological polar surface area (TPSA) is 64.3 Å². The van der Waals surface area contributed by atoms with Crippen molar-refractivity contribution in [1.29, 1.82) is 0 Å². The summed E-state index contributed by atoms with van der Waals surface area (Å²) in [5.41, 5.74) is 7.81. The van der Waals surface area contributed by atoms with E-state index in [0.717, 1.165) is 47.4 Å². The molecule has 1 amide bonds. The maximum Gasteiger partial charge on any atom is 0.240 e. The Morgan fingerprint density at radius 3 is 2.54 bits per heavy atom. The van der Waals surface area contributed by atoms with Crippen molar-refractivity contribution in [1.82, 2.24) is 5.32 Å². The van der Waals surface area contributed by atoms with Gasteiger partial charge in [-0.3, -0.25) is 4.79 Å². The summed E-state index contributed by atoms with van der Waals surface area (Å²) in [4.78, 5) is 13.4. The van der Waals surface area contributed by atoms with Crippen LogP contribution in [0.5, 0.6) is 5.75 Å². The van der Waals surface area contributed by atoms with Crippen molar-refractivity contribution in [2.75, 3.05) is 7.11 Å². The highest BCUT2D eigenvalue weighted by Crippen LogP contribution is 2.29. The fourth-order valence-electron chi connectivity index (χ4n) is 2.98. The second kappa shape index (κ2) is 8.01. The number of rotatable bonds is 5. The molecular formula is C18H23ClN2O2S. The first kappa shape index (κ1) is 18.8. The van der Waals surface area contributed by atoms with Crippen molar-refractivity contribution in [3.05, 3.63) is 40.6 Å². The number of ether oxygens (including phenoxy) is 1. The zero-order valence-corrected chi connectivity index (χ0v) is 15.3. The van der Waals surface area contributed by atoms with E-state index in [4.69, 9.17) is 10.5 Å². The average Bonchev–Trinajstić information content (AvgIpc) is 3.22. The molecule has 1 aliphatic rings. The number of carbonyl (C=O) groups excluding carboxylic acids is 1. The van der Waals surface area contributed by atoms with Crippen LogP contribution in [0.4, 0.5) is 0 Å². The van der Waals surface area contributed by atoms with E-state index in [2.05, 4.69) is 16.8 Å². The summed E-state index contributed by atoms with van der Waals surface area (Å²) in [5, 5.41) is 5.10. The smallest absolute Gasteiger partial charge is 0.240 e. The largest absolute Gasteiger partial charge is 0.497 e. The van der Waals surface area contributed by atoms with Gasteiger partial charge in [-0.2, -0.15) is 0 Å². The highest BCUT2D eigenvalue weighted by atomic mass is 35.5. The van der Waals surface area contributed by atoms with E-state index in [-0.39, 0.29) is 18.3 Å². The Kier molecular flexibility index (Phi) is 6.27. The fraction of sp³-hybridized carbons (Fsp3) is 0.389. The Labute approximate surface area is 152 Å². The molecule has 4 nitrogen and oxygen atoms in total. The van der Waals surface area contributed by atoms with Gasteiger partial charge in [-0.25, -0.2) is 0 Å². The molecule has 1 fully saturated rings. The second-order valence-corrected chi connectivity index (χ2v) is 7.07. The number of nitrogens with one attached hydrogen (secondary N) is 1. The number of thiophene rings is 1. The van der Waals surface area contributed by atoms with Crippen LogP contribution >= 0.6 is 23.7 Å². The molecule has 1 saturated carbocycles. The van der Waals surface area contributed by atoms with E-state index in [1.165, 1.54) is 0 Å². The van der Waals surface area contributed by atoms with Crippen molar-refractivity contribution < 1.29 is 9.53 Å². The number of nitrogens with two attached hydrogens (primary N) is 1. The van der Waals surface area contributed by atoms with Gasteiger partial charge in [0.25, 0.3) is 0 Å². The third-order valence-electron chi connectivity index (χ3n) is 4.45. The van der Waals surface area contributed by atoms with Gasteiger partial charge in [0.1, 0.15) is 5.75 Å². The predicted octanol–water partition coefficient (Wildman–Crippen LogP) is 3.73. The molecule has 1 aromatic heterocycles. The van der Waals surface area contributed by atoms with Gasteiger partial charge in [-0.1, -0.05) is 25.0 Å². The second-order valence-electron chi connectivity index (χ2n) is 6.08. The molecular weight excluding hydrogens is 344 g/mol. The third kappa shape index (κ3) is 4.09. The molecule has 130 valence electrons. The summed E-state index contributed by atoms with van der Waals surface area (Å²) in [6.07, 6.45) is 3.68. The molecule has 0 atom stereocenters. The Morgan fingerprint density at radius 1 is 1.25 bits per heavy atom. The van der Waals surface area contributed by atoms with Gasteiger partial charge in [-0.15, -0.1) is 23.7 Å². The maximum atomic E-state index is 12.2. The van der Waals surface area contributed by atoms with Gasteiger partial charge < -0.3 is 15.8 Å². The van der Waals surface area contributed by atoms with E-state index in [1.54, 1.807) is 18.4 Å². The summed E-state index contributed by atoms with van der Waals surface area (Å²) in [6.45, 7) is 0.540. The summed E-state index contributed by atoms with van der Waals surface area (Å²) >= 11 is 1.65. The number of halogens is 1. The van der Waals surface area contributed by atoms with E-state index in [0.29, 0.717) is 6.54 Å². The molecule has 1 heterocycles. The van der Waals surface area contributed by atoms with Crippen LogP contribution in [0.3, 0.4) is 0 Å². The number of amides is 1. The van der Waals surface area contributed by atoms with E-state index < -0.39 is 5.54 Å². The molecule has 1 aromatic carbocycles. The molecule has 24 heavy (non-hydrogen) atoms. The van der Waals surface area contributed by atoms with Gasteiger partial charge >= 0.3 is 0 Å². The van der Waals surface area contributed by atoms with Crippen LogP contribution in [-0.4, -0.2) is 18.6 Å². The van der Waals surface area contributed by atoms with Crippen LogP contribution in [0, 0.1) is 0 Å². The molecule has 0 aliphatic heterocycles. The summed E-state index contributed by atoms with van der Waals surface area (Å²) in [5.74, 6) is 0.829. The lowest BCUT2D eigenvalue weighted by Crippen LogP contribution is -2.51. The molecule has 3 N–H and O–H groups in total. The Bertz CT molecular complexity index is 679. The zero-order valence-electron chi connectivity index (χ0n) is 13.7. The van der Waals surface area contributed by atoms with Gasteiger partial charge in [0, 0.05) is 4.88 Å². The van der Waals surface area contributed by atoms with Crippen molar-refractivity contribution in [2.45, 2.75) is 37.8 Å². The number of carbonyl (C=O) groups is 1. The molecule has 3 rings (SSSR count). The van der Waals surface area contributed by atoms with E-state index >= 15 is 0 Å². The van der Waals surface area contributed by atoms with Gasteiger partial charge in [0.05, 0.1) is 19.2 Å². The van der Waals surface area contributed by atoms with Gasteiger partial charge in [0.2, 0.25) is 5.91 Å². The minimum Gasteiger partial charge on any atom is -0.497 e. The molecule has 6 heteroatoms. The number of hydrogen-bond donors (Lipinski definition) is 2. The van der Waals surface area contributed by atoms with Crippen LogP contribution in [-0.2, 0) is 11.3 Å². The summed E-state index contributed by atoms with van der Waals surface area (Å²) < 4.78 is 5.18. The average molecular weight is 367 g/mol. The number of hydrogen-bond acceptors (Lipinski definition) is 4. The first-order chi connectivity index (χ1) is 11.1. The lowest BCUT2D eigenvalue weighted by Gasteiger charge is -2.21. The molecule has 0 saturated heterocycles. The summed E-state index contributed by atoms with van der Waals surface area (Å²) in [6, 6.07) is 10.1. The quantitative estimate of drug-likeness (QED) is 0.847. The first-order valence-corrected chi connectivity index (χ1v) is 8.78. The molecule has 1 aliphatic carbocycles. The Morgan fingerprint density at radius 2 is 1.92 bits per heavy atom. The SMILES string of the molecule is COc1ccc(-c2csc(CNC(=O)C3(N)CCCC3)c2)cc1.Cl. The Hall–Kier alpha value is -1.56. The summed E-state index contributed by atoms with van der Waals surface area (Å²) in [7, 11) is 1.66. The third-order valence-corrected chi connectivity index (χ3v) is 5.38. The monoisotopic (exact) mass is 366 g/mol. The van der Waals surface area contributed by atoms with Crippen molar-refractivity contribution in [2.24, 2.45) is 5.73 Å². The molecule has 0 unspecified atom stereocenters. The molecule has 0 radical (unpaired) electrons. The van der Waals surface area contributed by atoms with Crippen molar-refractivity contribution in [3.63, 3.8) is 0 Å². The lowest BCUT2D eigenvalue weighted by molar-refractivity contribution is -0.126. The van der Waals surface area contributed by atoms with E-state index in [9.17, 15) is 4.79 Å².